The highest BCUT2D eigenvalue weighted by molar-refractivity contribution is 6.36. The second-order valence-electron chi connectivity index (χ2n) is 4.71. The van der Waals surface area contributed by atoms with Gasteiger partial charge in [0.25, 0.3) is 0 Å². The van der Waals surface area contributed by atoms with E-state index >= 15 is 0 Å². The molecule has 0 aliphatic heterocycles. The summed E-state index contributed by atoms with van der Waals surface area (Å²) in [6, 6.07) is 14.2. The Morgan fingerprint density at radius 1 is 1.00 bits per heavy atom. The van der Waals surface area contributed by atoms with Crippen molar-refractivity contribution in [1.82, 2.24) is 4.57 Å². The van der Waals surface area contributed by atoms with Crippen LogP contribution in [0.5, 0.6) is 0 Å². The molecule has 0 N–H and O–H groups in total. The Morgan fingerprint density at radius 2 is 1.74 bits per heavy atom. The molecule has 0 aliphatic carbocycles. The molecule has 1 nitrogen and oxygen atoms in total. The van der Waals surface area contributed by atoms with Gasteiger partial charge in [-0.3, -0.25) is 0 Å². The molecule has 3 aromatic rings. The number of hydrogen-bond donors (Lipinski definition) is 0. The van der Waals surface area contributed by atoms with E-state index in [9.17, 15) is 0 Å². The van der Waals surface area contributed by atoms with E-state index in [0.29, 0.717) is 16.6 Å². The molecule has 96 valence electrons. The Bertz CT molecular complexity index is 723. The number of benzene rings is 2. The molecule has 19 heavy (non-hydrogen) atoms. The predicted octanol–water partition coefficient (Wildman–Crippen LogP) is 5.30. The van der Waals surface area contributed by atoms with Gasteiger partial charge in [-0.1, -0.05) is 41.4 Å². The lowest BCUT2D eigenvalue weighted by molar-refractivity contribution is 0.837. The first-order chi connectivity index (χ1) is 9.15. The number of aromatic nitrogens is 1. The summed E-state index contributed by atoms with van der Waals surface area (Å²) in [5.41, 5.74) is 3.42. The molecule has 0 fully saturated rings. The Hall–Kier alpha value is -1.44. The zero-order chi connectivity index (χ0) is 13.4. The van der Waals surface area contributed by atoms with Crippen LogP contribution in [0, 0.1) is 6.92 Å². The third-order valence-electron chi connectivity index (χ3n) is 3.32. The third kappa shape index (κ3) is 2.36. The highest BCUT2D eigenvalue weighted by Gasteiger charge is 2.08. The minimum atomic E-state index is 0.686. The lowest BCUT2D eigenvalue weighted by Crippen LogP contribution is -1.99. The van der Waals surface area contributed by atoms with E-state index in [-0.39, 0.29) is 0 Å². The minimum Gasteiger partial charge on any atom is -0.343 e. The van der Waals surface area contributed by atoms with Gasteiger partial charge in [0.05, 0.1) is 6.54 Å². The monoisotopic (exact) mass is 289 g/mol. The predicted molar refractivity (Wildman–Crippen MR) is 82.2 cm³/mol. The van der Waals surface area contributed by atoms with Gasteiger partial charge in [-0.15, -0.1) is 0 Å². The van der Waals surface area contributed by atoms with Crippen LogP contribution in [-0.2, 0) is 6.54 Å². The van der Waals surface area contributed by atoms with Crippen molar-refractivity contribution in [2.24, 2.45) is 0 Å². The number of aryl methyl sites for hydroxylation is 1. The number of hydrogen-bond acceptors (Lipinski definition) is 0. The van der Waals surface area contributed by atoms with E-state index in [4.69, 9.17) is 23.2 Å². The maximum absolute atomic E-state index is 6.23. The van der Waals surface area contributed by atoms with Crippen LogP contribution < -0.4 is 0 Å². The van der Waals surface area contributed by atoms with Crippen molar-refractivity contribution < 1.29 is 0 Å². The molecule has 1 aromatic heterocycles. The van der Waals surface area contributed by atoms with Gasteiger partial charge in [-0.2, -0.15) is 0 Å². The van der Waals surface area contributed by atoms with E-state index < -0.39 is 0 Å². The Morgan fingerprint density at radius 3 is 2.47 bits per heavy atom. The van der Waals surface area contributed by atoms with Crippen molar-refractivity contribution >= 4 is 34.1 Å². The van der Waals surface area contributed by atoms with E-state index in [1.54, 1.807) is 0 Å². The maximum Gasteiger partial charge on any atom is 0.0505 e. The fourth-order valence-corrected chi connectivity index (χ4v) is 2.80. The molecule has 3 rings (SSSR count). The van der Waals surface area contributed by atoms with Crippen molar-refractivity contribution in [1.29, 1.82) is 0 Å². The van der Waals surface area contributed by atoms with Gasteiger partial charge in [0, 0.05) is 27.3 Å². The Labute approximate surface area is 122 Å². The van der Waals surface area contributed by atoms with Crippen LogP contribution >= 0.6 is 23.2 Å². The van der Waals surface area contributed by atoms with Crippen molar-refractivity contribution in [3.63, 3.8) is 0 Å². The van der Waals surface area contributed by atoms with Crippen LogP contribution in [0.25, 0.3) is 10.9 Å². The third-order valence-corrected chi connectivity index (χ3v) is 4.03. The molecule has 1 heterocycles. The summed E-state index contributed by atoms with van der Waals surface area (Å²) < 4.78 is 2.18. The molecule has 0 radical (unpaired) electrons. The van der Waals surface area contributed by atoms with Crippen LogP contribution in [0.3, 0.4) is 0 Å². The molecule has 0 spiro atoms. The van der Waals surface area contributed by atoms with E-state index in [1.807, 2.05) is 18.2 Å². The molecule has 3 heteroatoms. The normalized spacial score (nSPS) is 11.1. The summed E-state index contributed by atoms with van der Waals surface area (Å²) in [6.07, 6.45) is 2.07. The van der Waals surface area contributed by atoms with Crippen LogP contribution in [0.4, 0.5) is 0 Å². The van der Waals surface area contributed by atoms with Gasteiger partial charge in [-0.25, -0.2) is 0 Å². The van der Waals surface area contributed by atoms with Gasteiger partial charge < -0.3 is 4.57 Å². The first kappa shape index (κ1) is 12.6. The second-order valence-corrected chi connectivity index (χ2v) is 5.52. The maximum atomic E-state index is 6.23. The van der Waals surface area contributed by atoms with E-state index in [2.05, 4.69) is 42.0 Å². The average Bonchev–Trinajstić information content (AvgIpc) is 2.76. The van der Waals surface area contributed by atoms with Crippen molar-refractivity contribution in [3.05, 3.63) is 69.8 Å². The zero-order valence-electron chi connectivity index (χ0n) is 10.5. The fourth-order valence-electron chi connectivity index (χ4n) is 2.29. The molecule has 0 bridgehead atoms. The largest absolute Gasteiger partial charge is 0.343 e. The molecule has 0 atom stereocenters. The van der Waals surface area contributed by atoms with E-state index in [0.717, 1.165) is 5.56 Å². The smallest absolute Gasteiger partial charge is 0.0505 e. The zero-order valence-corrected chi connectivity index (χ0v) is 12.0. The number of rotatable bonds is 2. The Balaban J connectivity index is 2.08. The standard InChI is InChI=1S/C16H13Cl2N/c1-11-5-6-12-7-8-19(16(12)9-11)10-13-14(17)3-2-4-15(13)18/h2-9H,10H2,1H3. The summed E-state index contributed by atoms with van der Waals surface area (Å²) in [7, 11) is 0. The van der Waals surface area contributed by atoms with Crippen molar-refractivity contribution in [3.8, 4) is 0 Å². The molecular weight excluding hydrogens is 277 g/mol. The van der Waals surface area contributed by atoms with Crippen LogP contribution in [0.1, 0.15) is 11.1 Å². The molecular formula is C16H13Cl2N. The number of nitrogens with zero attached hydrogens (tertiary/aromatic N) is 1. The summed E-state index contributed by atoms with van der Waals surface area (Å²) in [6.45, 7) is 2.78. The second kappa shape index (κ2) is 4.92. The average molecular weight is 290 g/mol. The molecule has 0 unspecified atom stereocenters. The SMILES string of the molecule is Cc1ccc2ccn(Cc3c(Cl)cccc3Cl)c2c1. The summed E-state index contributed by atoms with van der Waals surface area (Å²) in [5, 5.41) is 2.65. The van der Waals surface area contributed by atoms with Crippen LogP contribution in [0.15, 0.2) is 48.7 Å². The number of halogens is 2. The van der Waals surface area contributed by atoms with Gasteiger partial charge in [0.2, 0.25) is 0 Å². The molecule has 2 aromatic carbocycles. The van der Waals surface area contributed by atoms with E-state index in [1.165, 1.54) is 16.5 Å². The molecule has 0 saturated heterocycles. The molecule has 0 saturated carbocycles. The lowest BCUT2D eigenvalue weighted by atomic mass is 10.2. The fraction of sp³-hybridized carbons (Fsp3) is 0.125. The minimum absolute atomic E-state index is 0.686. The number of fused-ring (bicyclic) bond motifs is 1. The molecule has 0 amide bonds. The van der Waals surface area contributed by atoms with Gasteiger partial charge in [0.15, 0.2) is 0 Å². The summed E-state index contributed by atoms with van der Waals surface area (Å²) in [4.78, 5) is 0. The van der Waals surface area contributed by atoms with Crippen LogP contribution in [-0.4, -0.2) is 4.57 Å². The van der Waals surface area contributed by atoms with Gasteiger partial charge >= 0.3 is 0 Å². The van der Waals surface area contributed by atoms with Crippen LogP contribution in [0.2, 0.25) is 10.0 Å². The first-order valence-electron chi connectivity index (χ1n) is 6.13. The highest BCUT2D eigenvalue weighted by Crippen LogP contribution is 2.27. The first-order valence-corrected chi connectivity index (χ1v) is 6.89. The van der Waals surface area contributed by atoms with Crippen molar-refractivity contribution in [2.45, 2.75) is 13.5 Å². The summed E-state index contributed by atoms with van der Waals surface area (Å²) in [5.74, 6) is 0. The van der Waals surface area contributed by atoms with Gasteiger partial charge in [-0.05, 0) is 42.1 Å². The quantitative estimate of drug-likeness (QED) is 0.603. The lowest BCUT2D eigenvalue weighted by Gasteiger charge is -2.10. The topological polar surface area (TPSA) is 4.93 Å². The Kier molecular flexibility index (Phi) is 3.26. The van der Waals surface area contributed by atoms with Gasteiger partial charge in [0.1, 0.15) is 0 Å². The van der Waals surface area contributed by atoms with Crippen molar-refractivity contribution in [2.75, 3.05) is 0 Å². The molecule has 0 aliphatic rings. The summed E-state index contributed by atoms with van der Waals surface area (Å²) >= 11 is 12.5. The highest BCUT2D eigenvalue weighted by atomic mass is 35.5.